The molecule has 16 heavy (non-hydrogen) atoms. The molecule has 0 aromatic rings. The van der Waals surface area contributed by atoms with Crippen LogP contribution in [-0.4, -0.2) is 12.1 Å². The van der Waals surface area contributed by atoms with Gasteiger partial charge in [0.15, 0.2) is 6.29 Å². The fourth-order valence-electron chi connectivity index (χ4n) is 3.58. The average Bonchev–Trinajstić information content (AvgIpc) is 2.78. The Morgan fingerprint density at radius 3 is 1.69 bits per heavy atom. The molecular formula is C13H24O3. The maximum Gasteiger partial charge on any atom is 0.293 e. The van der Waals surface area contributed by atoms with Crippen LogP contribution >= 0.6 is 0 Å². The van der Waals surface area contributed by atoms with Crippen LogP contribution in [0.5, 0.6) is 0 Å². The van der Waals surface area contributed by atoms with Gasteiger partial charge in [-0.3, -0.25) is 4.79 Å². The van der Waals surface area contributed by atoms with Crippen LogP contribution in [0.3, 0.4) is 0 Å². The number of rotatable bonds is 4. The van der Waals surface area contributed by atoms with Gasteiger partial charge in [0.2, 0.25) is 0 Å². The van der Waals surface area contributed by atoms with Crippen molar-refractivity contribution in [2.75, 3.05) is 0 Å². The van der Waals surface area contributed by atoms with Gasteiger partial charge < -0.3 is 0 Å². The van der Waals surface area contributed by atoms with Gasteiger partial charge in [-0.15, -0.1) is 0 Å². The number of aldehydes is 1. The molecule has 0 aliphatic carbocycles. The molecule has 1 atom stereocenters. The van der Waals surface area contributed by atoms with Crippen LogP contribution in [0.25, 0.3) is 0 Å². The highest BCUT2D eigenvalue weighted by molar-refractivity contribution is 5.63. The van der Waals surface area contributed by atoms with Crippen LogP contribution < -0.4 is 0 Å². The second kappa shape index (κ2) is 3.81. The molecule has 1 unspecified atom stereocenters. The topological polar surface area (TPSA) is 42.1 Å². The molecule has 0 radical (unpaired) electrons. The van der Waals surface area contributed by atoms with E-state index in [-0.39, 0.29) is 10.8 Å². The van der Waals surface area contributed by atoms with Crippen molar-refractivity contribution in [3.05, 3.63) is 0 Å². The van der Waals surface area contributed by atoms with Crippen molar-refractivity contribution >= 4 is 6.29 Å². The van der Waals surface area contributed by atoms with Gasteiger partial charge in [-0.2, -0.15) is 9.78 Å². The first-order chi connectivity index (χ1) is 7.08. The third-order valence-corrected chi connectivity index (χ3v) is 3.69. The van der Waals surface area contributed by atoms with Crippen LogP contribution in [0, 0.1) is 22.7 Å². The smallest absolute Gasteiger partial charge is 0.293 e. The lowest BCUT2D eigenvalue weighted by Gasteiger charge is -2.45. The molecule has 1 aliphatic rings. The predicted octanol–water partition coefficient (Wildman–Crippen LogP) is 3.19. The molecule has 3 nitrogen and oxygen atoms in total. The molecule has 1 aliphatic heterocycles. The van der Waals surface area contributed by atoms with E-state index in [2.05, 4.69) is 34.6 Å². The second-order valence-corrected chi connectivity index (χ2v) is 6.76. The summed E-state index contributed by atoms with van der Waals surface area (Å²) >= 11 is 0. The molecule has 0 aromatic carbocycles. The van der Waals surface area contributed by atoms with E-state index in [1.165, 1.54) is 0 Å². The third-order valence-electron chi connectivity index (χ3n) is 3.69. The van der Waals surface area contributed by atoms with Gasteiger partial charge in [0.1, 0.15) is 0 Å². The monoisotopic (exact) mass is 228 g/mol. The molecule has 0 bridgehead atoms. The molecule has 1 heterocycles. The standard InChI is InChI=1S/C13H24O3/c1-9(2)10(11(3,4)5)12(6,7)13(8-14)15-16-13/h8-10H,1-7H3. The number of hydrogen-bond acceptors (Lipinski definition) is 3. The summed E-state index contributed by atoms with van der Waals surface area (Å²) in [4.78, 5) is 21.1. The lowest BCUT2D eigenvalue weighted by Crippen LogP contribution is -2.48. The Hall–Kier alpha value is -0.410. The van der Waals surface area contributed by atoms with E-state index in [4.69, 9.17) is 9.78 Å². The van der Waals surface area contributed by atoms with Gasteiger partial charge >= 0.3 is 0 Å². The fraction of sp³-hybridized carbons (Fsp3) is 0.923. The first kappa shape index (κ1) is 13.7. The van der Waals surface area contributed by atoms with Gasteiger partial charge in [0.25, 0.3) is 5.79 Å². The van der Waals surface area contributed by atoms with E-state index in [9.17, 15) is 4.79 Å². The molecule has 0 saturated carbocycles. The Labute approximate surface area is 98.4 Å². The van der Waals surface area contributed by atoms with E-state index in [1.54, 1.807) is 0 Å². The first-order valence-corrected chi connectivity index (χ1v) is 5.91. The van der Waals surface area contributed by atoms with E-state index < -0.39 is 5.79 Å². The van der Waals surface area contributed by atoms with Gasteiger partial charge in [0, 0.05) is 5.41 Å². The van der Waals surface area contributed by atoms with Crippen LogP contribution in [0.2, 0.25) is 0 Å². The highest BCUT2D eigenvalue weighted by Gasteiger charge is 2.65. The van der Waals surface area contributed by atoms with Crippen LogP contribution in [0.1, 0.15) is 48.5 Å². The first-order valence-electron chi connectivity index (χ1n) is 5.91. The molecule has 1 saturated heterocycles. The van der Waals surface area contributed by atoms with Gasteiger partial charge in [-0.25, -0.2) is 0 Å². The maximum atomic E-state index is 11.1. The molecule has 1 rings (SSSR count). The minimum atomic E-state index is -1.03. The molecule has 0 aromatic heterocycles. The van der Waals surface area contributed by atoms with Crippen molar-refractivity contribution in [1.82, 2.24) is 0 Å². The summed E-state index contributed by atoms with van der Waals surface area (Å²) < 4.78 is 0. The molecule has 0 N–H and O–H groups in total. The summed E-state index contributed by atoms with van der Waals surface area (Å²) in [6, 6.07) is 0. The van der Waals surface area contributed by atoms with E-state index in [1.807, 2.05) is 13.8 Å². The fourth-order valence-corrected chi connectivity index (χ4v) is 3.58. The third kappa shape index (κ3) is 2.03. The normalized spacial score (nSPS) is 22.0. The minimum Gasteiger partial charge on any atom is -0.297 e. The van der Waals surface area contributed by atoms with Gasteiger partial charge in [0.05, 0.1) is 0 Å². The molecule has 0 amide bonds. The zero-order valence-corrected chi connectivity index (χ0v) is 11.5. The highest BCUT2D eigenvalue weighted by Crippen LogP contribution is 2.56. The SMILES string of the molecule is CC(C)C(C(C)(C)C)C(C)(C)C1(C=O)OO1. The van der Waals surface area contributed by atoms with Crippen molar-refractivity contribution in [2.45, 2.75) is 54.3 Å². The quantitative estimate of drug-likeness (QED) is 0.421. The minimum absolute atomic E-state index is 0.100. The van der Waals surface area contributed by atoms with E-state index in [0.717, 1.165) is 6.29 Å². The van der Waals surface area contributed by atoms with E-state index >= 15 is 0 Å². The Bertz CT molecular complexity index is 269. The second-order valence-electron chi connectivity index (χ2n) is 6.76. The van der Waals surface area contributed by atoms with Crippen LogP contribution in [-0.2, 0) is 14.6 Å². The number of carbonyl (C=O) groups is 1. The molecular weight excluding hydrogens is 204 g/mol. The zero-order chi connectivity index (χ0) is 12.8. The van der Waals surface area contributed by atoms with Gasteiger partial charge in [-0.05, 0) is 17.3 Å². The number of hydrogen-bond donors (Lipinski definition) is 0. The lowest BCUT2D eigenvalue weighted by atomic mass is 9.58. The summed E-state index contributed by atoms with van der Waals surface area (Å²) in [5.41, 5.74) is -0.232. The van der Waals surface area contributed by atoms with Gasteiger partial charge in [-0.1, -0.05) is 48.5 Å². The maximum absolute atomic E-state index is 11.1. The number of carbonyl (C=O) groups excluding carboxylic acids is 1. The largest absolute Gasteiger partial charge is 0.297 e. The van der Waals surface area contributed by atoms with Crippen molar-refractivity contribution in [3.63, 3.8) is 0 Å². The Morgan fingerprint density at radius 2 is 1.50 bits per heavy atom. The Morgan fingerprint density at radius 1 is 1.06 bits per heavy atom. The van der Waals surface area contributed by atoms with Crippen molar-refractivity contribution in [3.8, 4) is 0 Å². The zero-order valence-electron chi connectivity index (χ0n) is 11.5. The summed E-state index contributed by atoms with van der Waals surface area (Å²) in [6.07, 6.45) is 0.786. The van der Waals surface area contributed by atoms with Crippen molar-refractivity contribution in [2.24, 2.45) is 22.7 Å². The summed E-state index contributed by atoms with van der Waals surface area (Å²) in [7, 11) is 0. The van der Waals surface area contributed by atoms with E-state index in [0.29, 0.717) is 11.8 Å². The van der Waals surface area contributed by atoms with Crippen molar-refractivity contribution < 1.29 is 14.6 Å². The summed E-state index contributed by atoms with van der Waals surface area (Å²) in [5.74, 6) is -0.248. The highest BCUT2D eigenvalue weighted by atomic mass is 17.4. The summed E-state index contributed by atoms with van der Waals surface area (Å²) in [5, 5.41) is 0. The Kier molecular flexibility index (Phi) is 3.25. The van der Waals surface area contributed by atoms with Crippen LogP contribution in [0.15, 0.2) is 0 Å². The molecule has 94 valence electrons. The molecule has 1 fully saturated rings. The Balaban J connectivity index is 3.08. The summed E-state index contributed by atoms with van der Waals surface area (Å²) in [6.45, 7) is 15.0. The predicted molar refractivity (Wildman–Crippen MR) is 62.5 cm³/mol. The molecule has 0 spiro atoms. The molecule has 3 heteroatoms. The van der Waals surface area contributed by atoms with Crippen LogP contribution in [0.4, 0.5) is 0 Å². The average molecular weight is 228 g/mol. The van der Waals surface area contributed by atoms with Crippen molar-refractivity contribution in [1.29, 1.82) is 0 Å². The lowest BCUT2D eigenvalue weighted by molar-refractivity contribution is -0.122.